The van der Waals surface area contributed by atoms with E-state index >= 15 is 0 Å². The molecule has 0 aliphatic carbocycles. The van der Waals surface area contributed by atoms with Crippen LogP contribution in [0.25, 0.3) is 0 Å². The number of amides is 1. The second kappa shape index (κ2) is 4.58. The maximum Gasteiger partial charge on any atom is 0.234 e. The van der Waals surface area contributed by atoms with Crippen molar-refractivity contribution in [2.75, 3.05) is 26.7 Å². The lowest BCUT2D eigenvalue weighted by Crippen LogP contribution is -2.41. The molecule has 13 heavy (non-hydrogen) atoms. The zero-order valence-electron chi connectivity index (χ0n) is 8.42. The Hall–Kier alpha value is -0.610. The van der Waals surface area contributed by atoms with E-state index in [0.29, 0.717) is 5.92 Å². The van der Waals surface area contributed by atoms with Gasteiger partial charge in [0.1, 0.15) is 0 Å². The van der Waals surface area contributed by atoms with E-state index in [9.17, 15) is 4.79 Å². The first kappa shape index (κ1) is 10.5. The molecule has 1 aliphatic heterocycles. The highest BCUT2D eigenvalue weighted by molar-refractivity contribution is 5.79. The van der Waals surface area contributed by atoms with Crippen molar-refractivity contribution in [2.24, 2.45) is 11.7 Å². The van der Waals surface area contributed by atoms with Crippen molar-refractivity contribution in [3.63, 3.8) is 0 Å². The number of rotatable bonds is 4. The van der Waals surface area contributed by atoms with Crippen molar-refractivity contribution >= 4 is 5.91 Å². The lowest BCUT2D eigenvalue weighted by atomic mass is 10.1. The fraction of sp³-hybridized carbons (Fsp3) is 0.889. The van der Waals surface area contributed by atoms with Crippen molar-refractivity contribution in [3.05, 3.63) is 0 Å². The van der Waals surface area contributed by atoms with Gasteiger partial charge in [-0.1, -0.05) is 0 Å². The zero-order valence-corrected chi connectivity index (χ0v) is 8.42. The predicted molar refractivity (Wildman–Crippen MR) is 52.3 cm³/mol. The molecule has 1 rings (SSSR count). The Kier molecular flexibility index (Phi) is 3.69. The highest BCUT2D eigenvalue weighted by atomic mass is 16.1. The van der Waals surface area contributed by atoms with Gasteiger partial charge >= 0.3 is 0 Å². The summed E-state index contributed by atoms with van der Waals surface area (Å²) < 4.78 is 0. The second-order valence-electron chi connectivity index (χ2n) is 3.79. The van der Waals surface area contributed by atoms with Gasteiger partial charge in [0, 0.05) is 6.54 Å². The molecule has 0 aromatic heterocycles. The van der Waals surface area contributed by atoms with E-state index in [2.05, 4.69) is 10.2 Å². The lowest BCUT2D eigenvalue weighted by Gasteiger charge is -2.21. The Labute approximate surface area is 79.5 Å². The third kappa shape index (κ3) is 2.67. The number of hydrogen-bond acceptors (Lipinski definition) is 3. The molecular formula is C9H19N3O. The van der Waals surface area contributed by atoms with Crippen LogP contribution in [0.2, 0.25) is 0 Å². The highest BCUT2D eigenvalue weighted by Crippen LogP contribution is 2.17. The van der Waals surface area contributed by atoms with Crippen LogP contribution in [-0.4, -0.2) is 43.5 Å². The first-order valence-corrected chi connectivity index (χ1v) is 4.83. The van der Waals surface area contributed by atoms with Gasteiger partial charge in [0.15, 0.2) is 0 Å². The SMILES string of the molecule is CNCC1CCN(C(C)C(N)=O)C1. The molecule has 2 unspecified atom stereocenters. The normalized spacial score (nSPS) is 26.2. The number of carbonyl (C=O) groups is 1. The lowest BCUT2D eigenvalue weighted by molar-refractivity contribution is -0.122. The molecule has 0 radical (unpaired) electrons. The molecule has 0 bridgehead atoms. The molecule has 1 fully saturated rings. The van der Waals surface area contributed by atoms with Gasteiger partial charge in [-0.05, 0) is 39.4 Å². The Balaban J connectivity index is 2.36. The number of likely N-dealkylation sites (tertiary alicyclic amines) is 1. The van der Waals surface area contributed by atoms with E-state index in [-0.39, 0.29) is 11.9 Å². The molecule has 3 N–H and O–H groups in total. The van der Waals surface area contributed by atoms with Crippen molar-refractivity contribution in [1.82, 2.24) is 10.2 Å². The van der Waals surface area contributed by atoms with Gasteiger partial charge in [-0.15, -0.1) is 0 Å². The third-order valence-corrected chi connectivity index (χ3v) is 2.77. The molecular weight excluding hydrogens is 166 g/mol. The van der Waals surface area contributed by atoms with Crippen molar-refractivity contribution in [3.8, 4) is 0 Å². The molecule has 0 aromatic rings. The van der Waals surface area contributed by atoms with E-state index in [1.165, 1.54) is 6.42 Å². The Morgan fingerprint density at radius 3 is 3.00 bits per heavy atom. The molecule has 4 nitrogen and oxygen atoms in total. The number of nitrogens with zero attached hydrogens (tertiary/aromatic N) is 1. The quantitative estimate of drug-likeness (QED) is 0.615. The smallest absolute Gasteiger partial charge is 0.234 e. The highest BCUT2D eigenvalue weighted by Gasteiger charge is 2.27. The molecule has 4 heteroatoms. The van der Waals surface area contributed by atoms with Crippen LogP contribution in [0, 0.1) is 5.92 Å². The van der Waals surface area contributed by atoms with E-state index in [1.54, 1.807) is 0 Å². The standard InChI is InChI=1S/C9H19N3O/c1-7(9(10)13)12-4-3-8(6-12)5-11-2/h7-8,11H,3-6H2,1-2H3,(H2,10,13). The number of nitrogens with one attached hydrogen (secondary N) is 1. The molecule has 0 saturated carbocycles. The van der Waals surface area contributed by atoms with Crippen LogP contribution in [0.1, 0.15) is 13.3 Å². The summed E-state index contributed by atoms with van der Waals surface area (Å²) >= 11 is 0. The predicted octanol–water partition coefficient (Wildman–Crippen LogP) is -0.598. The van der Waals surface area contributed by atoms with Crippen LogP contribution in [0.3, 0.4) is 0 Å². The van der Waals surface area contributed by atoms with Gasteiger partial charge in [0.05, 0.1) is 6.04 Å². The number of carbonyl (C=O) groups excluding carboxylic acids is 1. The maximum absolute atomic E-state index is 10.9. The summed E-state index contributed by atoms with van der Waals surface area (Å²) in [6, 6.07) is -0.109. The van der Waals surface area contributed by atoms with Gasteiger partial charge in [-0.2, -0.15) is 0 Å². The van der Waals surface area contributed by atoms with Crippen LogP contribution in [0.4, 0.5) is 0 Å². The van der Waals surface area contributed by atoms with Gasteiger partial charge in [-0.25, -0.2) is 0 Å². The largest absolute Gasteiger partial charge is 0.368 e. The first-order valence-electron chi connectivity index (χ1n) is 4.83. The minimum absolute atomic E-state index is 0.109. The fourth-order valence-corrected chi connectivity index (χ4v) is 1.85. The minimum atomic E-state index is -0.217. The van der Waals surface area contributed by atoms with Crippen LogP contribution in [-0.2, 0) is 4.79 Å². The molecule has 1 heterocycles. The Morgan fingerprint density at radius 2 is 2.46 bits per heavy atom. The average molecular weight is 185 g/mol. The Morgan fingerprint density at radius 1 is 1.77 bits per heavy atom. The topological polar surface area (TPSA) is 58.4 Å². The second-order valence-corrected chi connectivity index (χ2v) is 3.79. The minimum Gasteiger partial charge on any atom is -0.368 e. The summed E-state index contributed by atoms with van der Waals surface area (Å²) in [5.41, 5.74) is 5.24. The summed E-state index contributed by atoms with van der Waals surface area (Å²) in [7, 11) is 1.96. The molecule has 0 spiro atoms. The monoisotopic (exact) mass is 185 g/mol. The van der Waals surface area contributed by atoms with Gasteiger partial charge < -0.3 is 11.1 Å². The average Bonchev–Trinajstić information content (AvgIpc) is 2.52. The summed E-state index contributed by atoms with van der Waals surface area (Å²) in [4.78, 5) is 13.1. The number of nitrogens with two attached hydrogens (primary N) is 1. The fourth-order valence-electron chi connectivity index (χ4n) is 1.85. The Bertz CT molecular complexity index is 184. The molecule has 1 saturated heterocycles. The van der Waals surface area contributed by atoms with E-state index < -0.39 is 0 Å². The molecule has 1 aliphatic rings. The first-order chi connectivity index (χ1) is 6.15. The number of primary amides is 1. The van der Waals surface area contributed by atoms with Crippen LogP contribution in [0.5, 0.6) is 0 Å². The molecule has 2 atom stereocenters. The van der Waals surface area contributed by atoms with Gasteiger partial charge in [0.25, 0.3) is 0 Å². The summed E-state index contributed by atoms with van der Waals surface area (Å²) in [6.45, 7) is 4.90. The zero-order chi connectivity index (χ0) is 9.84. The maximum atomic E-state index is 10.9. The van der Waals surface area contributed by atoms with Crippen LogP contribution >= 0.6 is 0 Å². The van der Waals surface area contributed by atoms with Crippen molar-refractivity contribution < 1.29 is 4.79 Å². The molecule has 76 valence electrons. The van der Waals surface area contributed by atoms with Crippen molar-refractivity contribution in [1.29, 1.82) is 0 Å². The number of hydrogen-bond donors (Lipinski definition) is 2. The molecule has 1 amide bonds. The van der Waals surface area contributed by atoms with Crippen LogP contribution in [0.15, 0.2) is 0 Å². The molecule has 0 aromatic carbocycles. The van der Waals surface area contributed by atoms with Gasteiger partial charge in [0.2, 0.25) is 5.91 Å². The van der Waals surface area contributed by atoms with E-state index in [1.807, 2.05) is 14.0 Å². The van der Waals surface area contributed by atoms with Crippen LogP contribution < -0.4 is 11.1 Å². The van der Waals surface area contributed by atoms with E-state index in [0.717, 1.165) is 19.6 Å². The van der Waals surface area contributed by atoms with Crippen molar-refractivity contribution in [2.45, 2.75) is 19.4 Å². The summed E-state index contributed by atoms with van der Waals surface area (Å²) in [5.74, 6) is 0.455. The van der Waals surface area contributed by atoms with Gasteiger partial charge in [-0.3, -0.25) is 9.69 Å². The summed E-state index contributed by atoms with van der Waals surface area (Å²) in [5, 5.41) is 3.16. The summed E-state index contributed by atoms with van der Waals surface area (Å²) in [6.07, 6.45) is 1.17. The van der Waals surface area contributed by atoms with E-state index in [4.69, 9.17) is 5.73 Å². The third-order valence-electron chi connectivity index (χ3n) is 2.77.